The van der Waals surface area contributed by atoms with Crippen molar-refractivity contribution in [2.24, 2.45) is 17.8 Å². The topological polar surface area (TPSA) is 58.4 Å². The minimum absolute atomic E-state index is 0.182. The van der Waals surface area contributed by atoms with Crippen molar-refractivity contribution in [3.05, 3.63) is 60.4 Å². The zero-order valence-corrected chi connectivity index (χ0v) is 14.8. The maximum atomic E-state index is 13.4. The Morgan fingerprint density at radius 3 is 2.89 bits per heavy atom. The van der Waals surface area contributed by atoms with E-state index >= 15 is 0 Å². The second kappa shape index (κ2) is 6.37. The smallest absolute Gasteiger partial charge is 0.287 e. The number of carbonyl (C=O) groups is 1. The van der Waals surface area contributed by atoms with E-state index in [-0.39, 0.29) is 11.7 Å². The standard InChI is InChI=1S/C21H20FN3O2/c22-14-2-1-3-15(9-14)25-11-17-16(18(17)12-25)5-7-24-21(26)19-8-13-4-6-23-10-20(13)27-19/h1-4,6,8-10,16-18H,5,7,11-12H2,(H,24,26). The first-order valence-electron chi connectivity index (χ1n) is 9.31. The molecule has 1 saturated heterocycles. The van der Waals surface area contributed by atoms with Crippen LogP contribution in [0.1, 0.15) is 17.0 Å². The Morgan fingerprint density at radius 2 is 2.11 bits per heavy atom. The number of hydrogen-bond donors (Lipinski definition) is 1. The van der Waals surface area contributed by atoms with Crippen molar-refractivity contribution in [3.63, 3.8) is 0 Å². The number of fused-ring (bicyclic) bond motifs is 2. The normalized spacial score (nSPS) is 23.4. The van der Waals surface area contributed by atoms with Crippen molar-refractivity contribution in [2.75, 3.05) is 24.5 Å². The highest BCUT2D eigenvalue weighted by Crippen LogP contribution is 2.54. The van der Waals surface area contributed by atoms with Crippen LogP contribution in [0.5, 0.6) is 0 Å². The molecule has 2 fully saturated rings. The Bertz CT molecular complexity index is 957. The van der Waals surface area contributed by atoms with Gasteiger partial charge in [-0.15, -0.1) is 0 Å². The summed E-state index contributed by atoms with van der Waals surface area (Å²) < 4.78 is 18.9. The highest BCUT2D eigenvalue weighted by molar-refractivity contribution is 5.95. The van der Waals surface area contributed by atoms with E-state index in [2.05, 4.69) is 15.2 Å². The minimum Gasteiger partial charge on any atom is -0.449 e. The first-order chi connectivity index (χ1) is 13.2. The molecule has 27 heavy (non-hydrogen) atoms. The minimum atomic E-state index is -0.186. The fourth-order valence-corrected chi connectivity index (χ4v) is 4.40. The fourth-order valence-electron chi connectivity index (χ4n) is 4.40. The van der Waals surface area contributed by atoms with Crippen molar-refractivity contribution >= 4 is 22.6 Å². The number of nitrogens with zero attached hydrogens (tertiary/aromatic N) is 2. The van der Waals surface area contributed by atoms with Crippen molar-refractivity contribution in [2.45, 2.75) is 6.42 Å². The molecule has 2 aromatic heterocycles. The summed E-state index contributed by atoms with van der Waals surface area (Å²) in [5, 5.41) is 3.83. The lowest BCUT2D eigenvalue weighted by Crippen LogP contribution is -2.27. The van der Waals surface area contributed by atoms with Crippen LogP contribution in [0.4, 0.5) is 10.1 Å². The fraction of sp³-hybridized carbons (Fsp3) is 0.333. The molecule has 5 nitrogen and oxygen atoms in total. The number of rotatable bonds is 5. The highest BCUT2D eigenvalue weighted by Gasteiger charge is 2.54. The molecule has 3 heterocycles. The van der Waals surface area contributed by atoms with Gasteiger partial charge in [0, 0.05) is 36.9 Å². The third-order valence-corrected chi connectivity index (χ3v) is 5.85. The van der Waals surface area contributed by atoms with Crippen LogP contribution in [-0.4, -0.2) is 30.5 Å². The van der Waals surface area contributed by atoms with Gasteiger partial charge in [0.05, 0.1) is 6.20 Å². The van der Waals surface area contributed by atoms with Gasteiger partial charge in [-0.05, 0) is 54.5 Å². The molecule has 0 spiro atoms. The largest absolute Gasteiger partial charge is 0.449 e. The lowest BCUT2D eigenvalue weighted by molar-refractivity contribution is 0.0926. The van der Waals surface area contributed by atoms with Gasteiger partial charge in [0.1, 0.15) is 5.82 Å². The van der Waals surface area contributed by atoms with E-state index in [9.17, 15) is 9.18 Å². The number of amides is 1. The molecule has 2 aliphatic rings. The molecule has 1 N–H and O–H groups in total. The average molecular weight is 365 g/mol. The van der Waals surface area contributed by atoms with Gasteiger partial charge in [-0.1, -0.05) is 6.07 Å². The summed E-state index contributed by atoms with van der Waals surface area (Å²) in [6, 6.07) is 10.4. The monoisotopic (exact) mass is 365 g/mol. The quantitative estimate of drug-likeness (QED) is 0.752. The van der Waals surface area contributed by atoms with Crippen LogP contribution in [0, 0.1) is 23.6 Å². The summed E-state index contributed by atoms with van der Waals surface area (Å²) in [4.78, 5) is 18.5. The molecule has 1 aliphatic heterocycles. The third-order valence-electron chi connectivity index (χ3n) is 5.85. The van der Waals surface area contributed by atoms with E-state index in [1.807, 2.05) is 12.1 Å². The summed E-state index contributed by atoms with van der Waals surface area (Å²) in [7, 11) is 0. The number of furan rings is 1. The Balaban J connectivity index is 1.11. The molecule has 0 radical (unpaired) electrons. The highest BCUT2D eigenvalue weighted by atomic mass is 19.1. The van der Waals surface area contributed by atoms with Gasteiger partial charge >= 0.3 is 0 Å². The molecule has 1 saturated carbocycles. The lowest BCUT2D eigenvalue weighted by atomic mass is 10.2. The van der Waals surface area contributed by atoms with Gasteiger partial charge in [-0.2, -0.15) is 0 Å². The first kappa shape index (κ1) is 16.3. The van der Waals surface area contributed by atoms with Crippen molar-refractivity contribution in [1.82, 2.24) is 10.3 Å². The third kappa shape index (κ3) is 3.05. The molecule has 138 valence electrons. The van der Waals surface area contributed by atoms with Gasteiger partial charge in [-0.3, -0.25) is 9.78 Å². The van der Waals surface area contributed by atoms with Gasteiger partial charge < -0.3 is 14.6 Å². The van der Waals surface area contributed by atoms with Crippen LogP contribution in [0.2, 0.25) is 0 Å². The summed E-state index contributed by atoms with van der Waals surface area (Å²) >= 11 is 0. The van der Waals surface area contributed by atoms with Crippen LogP contribution >= 0.6 is 0 Å². The predicted molar refractivity (Wildman–Crippen MR) is 100 cm³/mol. The molecule has 2 unspecified atom stereocenters. The van der Waals surface area contributed by atoms with Crippen LogP contribution in [0.3, 0.4) is 0 Å². The number of piperidine rings is 1. The molecule has 1 aliphatic carbocycles. The van der Waals surface area contributed by atoms with E-state index in [1.54, 1.807) is 30.6 Å². The van der Waals surface area contributed by atoms with E-state index in [4.69, 9.17) is 4.42 Å². The van der Waals surface area contributed by atoms with E-state index < -0.39 is 0 Å². The molecule has 0 bridgehead atoms. The molecule has 1 aromatic carbocycles. The molecule has 1 amide bonds. The molecule has 6 heteroatoms. The molecular weight excluding hydrogens is 345 g/mol. The number of anilines is 1. The number of carbonyl (C=O) groups excluding carboxylic acids is 1. The maximum absolute atomic E-state index is 13.4. The van der Waals surface area contributed by atoms with Gasteiger partial charge in [0.15, 0.2) is 11.3 Å². The van der Waals surface area contributed by atoms with Gasteiger partial charge in [0.25, 0.3) is 5.91 Å². The average Bonchev–Trinajstić information content (AvgIpc) is 3.05. The van der Waals surface area contributed by atoms with E-state index in [1.165, 1.54) is 6.07 Å². The predicted octanol–water partition coefficient (Wildman–Crippen LogP) is 3.47. The SMILES string of the molecule is O=C(NCCC1C2CN(c3cccc(F)c3)CC12)c1cc2ccncc2o1. The second-order valence-corrected chi connectivity index (χ2v) is 7.45. The summed E-state index contributed by atoms with van der Waals surface area (Å²) in [5.41, 5.74) is 1.59. The van der Waals surface area contributed by atoms with Crippen molar-refractivity contribution in [3.8, 4) is 0 Å². The summed E-state index contributed by atoms with van der Waals surface area (Å²) in [6.07, 6.45) is 4.26. The van der Waals surface area contributed by atoms with Crippen LogP contribution < -0.4 is 10.2 Å². The van der Waals surface area contributed by atoms with E-state index in [0.29, 0.717) is 35.6 Å². The molecule has 5 rings (SSSR count). The maximum Gasteiger partial charge on any atom is 0.287 e. The number of hydrogen-bond acceptors (Lipinski definition) is 4. The van der Waals surface area contributed by atoms with Crippen LogP contribution in [-0.2, 0) is 0 Å². The van der Waals surface area contributed by atoms with Gasteiger partial charge in [0.2, 0.25) is 0 Å². The van der Waals surface area contributed by atoms with E-state index in [0.717, 1.165) is 30.6 Å². The Morgan fingerprint density at radius 1 is 1.26 bits per heavy atom. The van der Waals surface area contributed by atoms with Crippen molar-refractivity contribution in [1.29, 1.82) is 0 Å². The lowest BCUT2D eigenvalue weighted by Gasteiger charge is -2.22. The van der Waals surface area contributed by atoms with Gasteiger partial charge in [-0.25, -0.2) is 4.39 Å². The Kier molecular flexibility index (Phi) is 3.85. The zero-order valence-electron chi connectivity index (χ0n) is 14.8. The number of benzene rings is 1. The Labute approximate surface area is 156 Å². The number of halogens is 1. The first-order valence-corrected chi connectivity index (χ1v) is 9.31. The second-order valence-electron chi connectivity index (χ2n) is 7.45. The molecule has 2 atom stereocenters. The Hall–Kier alpha value is -2.89. The van der Waals surface area contributed by atoms with Crippen molar-refractivity contribution < 1.29 is 13.6 Å². The number of aromatic nitrogens is 1. The number of pyridine rings is 1. The van der Waals surface area contributed by atoms with Crippen LogP contribution in [0.25, 0.3) is 11.0 Å². The van der Waals surface area contributed by atoms with Crippen LogP contribution in [0.15, 0.2) is 53.2 Å². The summed E-state index contributed by atoms with van der Waals surface area (Å²) in [6.45, 7) is 2.60. The summed E-state index contributed by atoms with van der Waals surface area (Å²) in [5.74, 6) is 1.92. The zero-order chi connectivity index (χ0) is 18.4. The number of nitrogens with one attached hydrogen (secondary N) is 1. The molecular formula is C21H20FN3O2. The molecule has 3 aromatic rings.